The lowest BCUT2D eigenvalue weighted by Gasteiger charge is -2.41. The van der Waals surface area contributed by atoms with E-state index < -0.39 is 0 Å². The van der Waals surface area contributed by atoms with E-state index in [-0.39, 0.29) is 6.10 Å². The van der Waals surface area contributed by atoms with Crippen LogP contribution in [0.4, 0.5) is 0 Å². The van der Waals surface area contributed by atoms with Crippen LogP contribution in [-0.2, 0) is 4.74 Å². The number of aliphatic hydroxyl groups is 1. The van der Waals surface area contributed by atoms with Crippen LogP contribution in [0.15, 0.2) is 0 Å². The maximum atomic E-state index is 10.4. The van der Waals surface area contributed by atoms with Crippen molar-refractivity contribution in [1.29, 1.82) is 0 Å². The lowest BCUT2D eigenvalue weighted by atomic mass is 9.99. The minimum absolute atomic E-state index is 0.217. The molecule has 0 spiro atoms. The maximum Gasteiger partial charge on any atom is 0.0793 e. The van der Waals surface area contributed by atoms with E-state index in [1.807, 2.05) is 0 Å². The van der Waals surface area contributed by atoms with Gasteiger partial charge in [0.25, 0.3) is 0 Å². The lowest BCUT2D eigenvalue weighted by molar-refractivity contribution is 0.0194. The SMILES string of the molecule is COCCN1CCN(C[C@H](O)CN2CCC(C)CC2)C[C@H]1C. The number of ether oxygens (including phenoxy) is 1. The number of hydrogen-bond donors (Lipinski definition) is 1. The molecule has 0 unspecified atom stereocenters. The second-order valence-electron chi connectivity index (χ2n) is 7.27. The van der Waals surface area contributed by atoms with Crippen LogP contribution >= 0.6 is 0 Å². The molecular formula is C17H35N3O2. The monoisotopic (exact) mass is 313 g/mol. The highest BCUT2D eigenvalue weighted by molar-refractivity contribution is 4.81. The van der Waals surface area contributed by atoms with Gasteiger partial charge in [0.15, 0.2) is 0 Å². The number of piperazine rings is 1. The summed E-state index contributed by atoms with van der Waals surface area (Å²) in [6, 6.07) is 0.548. The van der Waals surface area contributed by atoms with Crippen LogP contribution in [0.2, 0.25) is 0 Å². The van der Waals surface area contributed by atoms with E-state index in [4.69, 9.17) is 4.74 Å². The molecule has 5 heteroatoms. The smallest absolute Gasteiger partial charge is 0.0793 e. The molecule has 2 aliphatic heterocycles. The van der Waals surface area contributed by atoms with Gasteiger partial charge in [-0.25, -0.2) is 0 Å². The second-order valence-corrected chi connectivity index (χ2v) is 7.27. The summed E-state index contributed by atoms with van der Waals surface area (Å²) in [5, 5.41) is 10.4. The Morgan fingerprint density at radius 3 is 2.36 bits per heavy atom. The molecule has 130 valence electrons. The summed E-state index contributed by atoms with van der Waals surface area (Å²) in [4.78, 5) is 7.34. The Kier molecular flexibility index (Phi) is 7.57. The third-order valence-electron chi connectivity index (χ3n) is 5.25. The predicted octanol–water partition coefficient (Wildman–Crippen LogP) is 0.732. The van der Waals surface area contributed by atoms with E-state index in [0.717, 1.165) is 64.9 Å². The van der Waals surface area contributed by atoms with Crippen molar-refractivity contribution >= 4 is 0 Å². The first kappa shape index (κ1) is 18.1. The quantitative estimate of drug-likeness (QED) is 0.750. The number of methoxy groups -OCH3 is 1. The first-order chi connectivity index (χ1) is 10.6. The lowest BCUT2D eigenvalue weighted by Crippen LogP contribution is -2.54. The fraction of sp³-hybridized carbons (Fsp3) is 1.00. The zero-order chi connectivity index (χ0) is 15.9. The summed E-state index contributed by atoms with van der Waals surface area (Å²) in [5.41, 5.74) is 0. The van der Waals surface area contributed by atoms with E-state index in [1.54, 1.807) is 7.11 Å². The molecule has 0 amide bonds. The van der Waals surface area contributed by atoms with Crippen molar-refractivity contribution < 1.29 is 9.84 Å². The van der Waals surface area contributed by atoms with Gasteiger partial charge in [-0.3, -0.25) is 9.80 Å². The van der Waals surface area contributed by atoms with Crippen LogP contribution in [-0.4, -0.2) is 98.0 Å². The molecule has 22 heavy (non-hydrogen) atoms. The largest absolute Gasteiger partial charge is 0.390 e. The number of piperidine rings is 1. The van der Waals surface area contributed by atoms with Gasteiger partial charge in [0, 0.05) is 52.4 Å². The van der Waals surface area contributed by atoms with E-state index >= 15 is 0 Å². The molecule has 2 aliphatic rings. The summed E-state index contributed by atoms with van der Waals surface area (Å²) in [6.07, 6.45) is 2.34. The van der Waals surface area contributed by atoms with Gasteiger partial charge in [-0.05, 0) is 38.8 Å². The maximum absolute atomic E-state index is 10.4. The van der Waals surface area contributed by atoms with E-state index in [0.29, 0.717) is 6.04 Å². The molecule has 2 atom stereocenters. The molecule has 0 radical (unpaired) electrons. The molecule has 2 heterocycles. The number of β-amino-alcohol motifs (C(OH)–C–C–N with tert-alkyl or cyclic N) is 1. The Balaban J connectivity index is 1.66. The number of aliphatic hydroxyl groups excluding tert-OH is 1. The second kappa shape index (κ2) is 9.18. The standard InChI is InChI=1S/C17H35N3O2/c1-15-4-6-18(7-5-15)13-17(21)14-19-8-9-20(10-11-22-3)16(2)12-19/h15-17,21H,4-14H2,1-3H3/t16-,17-/m1/s1. The Morgan fingerprint density at radius 1 is 1.05 bits per heavy atom. The average Bonchev–Trinajstić information content (AvgIpc) is 2.49. The molecule has 0 aromatic heterocycles. The molecule has 0 aromatic carbocycles. The van der Waals surface area contributed by atoms with Gasteiger partial charge in [0.1, 0.15) is 0 Å². The minimum Gasteiger partial charge on any atom is -0.390 e. The molecule has 2 rings (SSSR count). The summed E-state index contributed by atoms with van der Waals surface area (Å²) < 4.78 is 5.18. The van der Waals surface area contributed by atoms with Crippen molar-refractivity contribution in [3.05, 3.63) is 0 Å². The average molecular weight is 313 g/mol. The van der Waals surface area contributed by atoms with E-state index in [1.165, 1.54) is 12.8 Å². The molecule has 0 aromatic rings. The van der Waals surface area contributed by atoms with Crippen LogP contribution in [0.5, 0.6) is 0 Å². The molecule has 5 nitrogen and oxygen atoms in total. The predicted molar refractivity (Wildman–Crippen MR) is 90.2 cm³/mol. The summed E-state index contributed by atoms with van der Waals surface area (Å²) in [6.45, 7) is 13.6. The Morgan fingerprint density at radius 2 is 1.73 bits per heavy atom. The summed E-state index contributed by atoms with van der Waals surface area (Å²) in [5.74, 6) is 0.856. The van der Waals surface area contributed by atoms with E-state index in [9.17, 15) is 5.11 Å². The van der Waals surface area contributed by atoms with E-state index in [2.05, 4.69) is 28.5 Å². The Hall–Kier alpha value is -0.200. The fourth-order valence-electron chi connectivity index (χ4n) is 3.68. The van der Waals surface area contributed by atoms with Crippen molar-refractivity contribution in [2.75, 3.05) is 66.1 Å². The highest BCUT2D eigenvalue weighted by Gasteiger charge is 2.25. The number of rotatable bonds is 7. The Labute approximate surface area is 136 Å². The van der Waals surface area contributed by atoms with Crippen LogP contribution < -0.4 is 0 Å². The van der Waals surface area contributed by atoms with Gasteiger partial charge >= 0.3 is 0 Å². The zero-order valence-electron chi connectivity index (χ0n) is 14.7. The normalized spacial score (nSPS) is 28.1. The molecule has 0 aliphatic carbocycles. The van der Waals surface area contributed by atoms with Crippen LogP contribution in [0.1, 0.15) is 26.7 Å². The highest BCUT2D eigenvalue weighted by atomic mass is 16.5. The van der Waals surface area contributed by atoms with Gasteiger partial charge in [0.2, 0.25) is 0 Å². The highest BCUT2D eigenvalue weighted by Crippen LogP contribution is 2.16. The minimum atomic E-state index is -0.217. The summed E-state index contributed by atoms with van der Waals surface area (Å²) >= 11 is 0. The topological polar surface area (TPSA) is 39.2 Å². The Bertz CT molecular complexity index is 308. The van der Waals surface area contributed by atoms with Crippen LogP contribution in [0, 0.1) is 5.92 Å². The third-order valence-corrected chi connectivity index (χ3v) is 5.25. The van der Waals surface area contributed by atoms with Gasteiger partial charge in [-0.2, -0.15) is 0 Å². The molecule has 0 bridgehead atoms. The van der Waals surface area contributed by atoms with Crippen LogP contribution in [0.3, 0.4) is 0 Å². The van der Waals surface area contributed by atoms with Crippen molar-refractivity contribution in [1.82, 2.24) is 14.7 Å². The number of hydrogen-bond acceptors (Lipinski definition) is 5. The zero-order valence-corrected chi connectivity index (χ0v) is 14.7. The van der Waals surface area contributed by atoms with Crippen molar-refractivity contribution in [2.45, 2.75) is 38.8 Å². The molecule has 0 saturated carbocycles. The molecule has 2 fully saturated rings. The van der Waals surface area contributed by atoms with Crippen molar-refractivity contribution in [2.24, 2.45) is 5.92 Å². The van der Waals surface area contributed by atoms with Gasteiger partial charge in [-0.15, -0.1) is 0 Å². The summed E-state index contributed by atoms with van der Waals surface area (Å²) in [7, 11) is 1.76. The van der Waals surface area contributed by atoms with Crippen molar-refractivity contribution in [3.63, 3.8) is 0 Å². The van der Waals surface area contributed by atoms with Crippen molar-refractivity contribution in [3.8, 4) is 0 Å². The fourth-order valence-corrected chi connectivity index (χ4v) is 3.68. The van der Waals surface area contributed by atoms with Gasteiger partial charge in [0.05, 0.1) is 12.7 Å². The first-order valence-corrected chi connectivity index (χ1v) is 8.94. The van der Waals surface area contributed by atoms with Gasteiger partial charge in [-0.1, -0.05) is 6.92 Å². The third kappa shape index (κ3) is 5.78. The number of nitrogens with zero attached hydrogens (tertiary/aromatic N) is 3. The molecule has 2 saturated heterocycles. The number of likely N-dealkylation sites (tertiary alicyclic amines) is 1. The van der Waals surface area contributed by atoms with Gasteiger partial charge < -0.3 is 14.7 Å². The van der Waals surface area contributed by atoms with Crippen LogP contribution in [0.25, 0.3) is 0 Å². The first-order valence-electron chi connectivity index (χ1n) is 8.94. The molecule has 1 N–H and O–H groups in total. The molecular weight excluding hydrogens is 278 g/mol.